The number of likely N-dealkylation sites (tertiary alicyclic amines) is 1. The molecule has 22 heavy (non-hydrogen) atoms. The summed E-state index contributed by atoms with van der Waals surface area (Å²) in [5.74, 6) is 4.17. The van der Waals surface area contributed by atoms with Gasteiger partial charge in [-0.25, -0.2) is 0 Å². The molecule has 0 N–H and O–H groups in total. The molecule has 0 radical (unpaired) electrons. The predicted molar refractivity (Wildman–Crippen MR) is 100 cm³/mol. The molecule has 0 aromatic rings. The van der Waals surface area contributed by atoms with Crippen molar-refractivity contribution in [3.63, 3.8) is 0 Å². The first kappa shape index (κ1) is 18.6. The van der Waals surface area contributed by atoms with E-state index >= 15 is 0 Å². The highest BCUT2D eigenvalue weighted by atomic mass is 32.2. The number of thioether (sulfide) groups is 1. The minimum Gasteiger partial charge on any atom is -0.295 e. The molecule has 2 unspecified atom stereocenters. The average molecular weight is 327 g/mol. The molecule has 2 saturated heterocycles. The minimum absolute atomic E-state index is 0.686. The van der Waals surface area contributed by atoms with E-state index in [1.165, 1.54) is 30.9 Å². The van der Waals surface area contributed by atoms with Gasteiger partial charge in [-0.1, -0.05) is 20.8 Å². The van der Waals surface area contributed by atoms with E-state index in [-0.39, 0.29) is 0 Å². The number of hydrogen-bond acceptors (Lipinski definition) is 3. The number of hydrogen-bond donors (Lipinski definition) is 0. The van der Waals surface area contributed by atoms with Gasteiger partial charge in [-0.3, -0.25) is 9.80 Å². The van der Waals surface area contributed by atoms with Gasteiger partial charge in [0.15, 0.2) is 0 Å². The molecule has 2 aliphatic heterocycles. The Morgan fingerprint density at radius 3 is 2.14 bits per heavy atom. The van der Waals surface area contributed by atoms with E-state index in [2.05, 4.69) is 70.0 Å². The molecule has 0 aromatic carbocycles. The topological polar surface area (TPSA) is 6.48 Å². The van der Waals surface area contributed by atoms with Crippen LogP contribution in [0, 0.1) is 11.8 Å². The minimum atomic E-state index is 0.686. The molecule has 130 valence electrons. The van der Waals surface area contributed by atoms with Gasteiger partial charge in [-0.05, 0) is 58.8 Å². The van der Waals surface area contributed by atoms with Crippen LogP contribution in [-0.4, -0.2) is 51.6 Å². The molecular weight excluding hydrogens is 288 g/mol. The molecule has 2 rings (SSSR count). The fourth-order valence-corrected chi connectivity index (χ4v) is 6.30. The summed E-state index contributed by atoms with van der Waals surface area (Å²) in [7, 11) is 0. The first-order valence-electron chi connectivity index (χ1n) is 9.43. The third-order valence-electron chi connectivity index (χ3n) is 5.89. The highest BCUT2D eigenvalue weighted by molar-refractivity contribution is 7.99. The zero-order valence-corrected chi connectivity index (χ0v) is 16.7. The molecule has 2 nitrogen and oxygen atoms in total. The second kappa shape index (κ2) is 7.90. The van der Waals surface area contributed by atoms with E-state index in [1.54, 1.807) is 0 Å². The molecule has 4 atom stereocenters. The first-order chi connectivity index (χ1) is 10.3. The smallest absolute Gasteiger partial charge is 0.0450 e. The molecular formula is C19H38N2S. The molecule has 0 aliphatic carbocycles. The maximum atomic E-state index is 2.85. The zero-order valence-electron chi connectivity index (χ0n) is 15.9. The highest BCUT2D eigenvalue weighted by Gasteiger charge is 2.39. The standard InChI is InChI=1S/C19H38N2S/c1-13(2)18-9-8-17(21(18)15(5)6)10-16(7)19-11-22-12-20(19)14(3)4/h13-19H,8-12H2,1-7H3/t16?,17?,18-,19-/m0/s1. The number of rotatable bonds is 6. The Kier molecular flexibility index (Phi) is 6.68. The summed E-state index contributed by atoms with van der Waals surface area (Å²) < 4.78 is 0. The Morgan fingerprint density at radius 2 is 1.59 bits per heavy atom. The van der Waals surface area contributed by atoms with Crippen LogP contribution in [0.1, 0.15) is 67.7 Å². The van der Waals surface area contributed by atoms with Crippen LogP contribution in [0.2, 0.25) is 0 Å². The van der Waals surface area contributed by atoms with Gasteiger partial charge >= 0.3 is 0 Å². The van der Waals surface area contributed by atoms with Crippen molar-refractivity contribution in [1.82, 2.24) is 9.80 Å². The van der Waals surface area contributed by atoms with Crippen molar-refractivity contribution in [1.29, 1.82) is 0 Å². The summed E-state index contributed by atoms with van der Waals surface area (Å²) in [6.07, 6.45) is 4.20. The van der Waals surface area contributed by atoms with Gasteiger partial charge in [-0.2, -0.15) is 0 Å². The molecule has 2 heterocycles. The predicted octanol–water partition coefficient (Wildman–Crippen LogP) is 4.69. The average Bonchev–Trinajstić information content (AvgIpc) is 3.04. The van der Waals surface area contributed by atoms with Gasteiger partial charge < -0.3 is 0 Å². The molecule has 2 aliphatic rings. The lowest BCUT2D eigenvalue weighted by Crippen LogP contribution is -2.46. The van der Waals surface area contributed by atoms with Gasteiger partial charge in [0.25, 0.3) is 0 Å². The van der Waals surface area contributed by atoms with E-state index in [0.717, 1.165) is 30.0 Å². The summed E-state index contributed by atoms with van der Waals surface area (Å²) in [5, 5.41) is 0. The van der Waals surface area contributed by atoms with Crippen LogP contribution in [0.15, 0.2) is 0 Å². The summed E-state index contributed by atoms with van der Waals surface area (Å²) in [5.41, 5.74) is 0. The Bertz CT molecular complexity index is 342. The van der Waals surface area contributed by atoms with Crippen molar-refractivity contribution >= 4 is 11.8 Å². The monoisotopic (exact) mass is 326 g/mol. The first-order valence-corrected chi connectivity index (χ1v) is 10.6. The van der Waals surface area contributed by atoms with Gasteiger partial charge in [0.05, 0.1) is 0 Å². The second-order valence-electron chi connectivity index (χ2n) is 8.47. The van der Waals surface area contributed by atoms with Gasteiger partial charge in [0.1, 0.15) is 0 Å². The Hall–Kier alpha value is 0.270. The Morgan fingerprint density at radius 1 is 0.909 bits per heavy atom. The zero-order chi connectivity index (χ0) is 16.4. The Balaban J connectivity index is 2.00. The normalized spacial score (nSPS) is 32.7. The van der Waals surface area contributed by atoms with Crippen molar-refractivity contribution in [3.05, 3.63) is 0 Å². The van der Waals surface area contributed by atoms with Crippen molar-refractivity contribution in [3.8, 4) is 0 Å². The maximum Gasteiger partial charge on any atom is 0.0450 e. The summed E-state index contributed by atoms with van der Waals surface area (Å²) in [6, 6.07) is 3.78. The lowest BCUT2D eigenvalue weighted by molar-refractivity contribution is 0.0883. The highest BCUT2D eigenvalue weighted by Crippen LogP contribution is 2.37. The van der Waals surface area contributed by atoms with E-state index in [9.17, 15) is 0 Å². The third-order valence-corrected chi connectivity index (χ3v) is 6.94. The molecule has 2 fully saturated rings. The molecule has 0 aromatic heterocycles. The van der Waals surface area contributed by atoms with Crippen molar-refractivity contribution in [2.45, 2.75) is 97.9 Å². The summed E-state index contributed by atoms with van der Waals surface area (Å²) >= 11 is 2.13. The van der Waals surface area contributed by atoms with Crippen LogP contribution in [-0.2, 0) is 0 Å². The van der Waals surface area contributed by atoms with Crippen LogP contribution in [0.4, 0.5) is 0 Å². The van der Waals surface area contributed by atoms with Crippen molar-refractivity contribution < 1.29 is 0 Å². The van der Waals surface area contributed by atoms with Crippen LogP contribution < -0.4 is 0 Å². The van der Waals surface area contributed by atoms with Crippen LogP contribution in [0.3, 0.4) is 0 Å². The Labute approximate surface area is 143 Å². The second-order valence-corrected chi connectivity index (χ2v) is 9.47. The molecule has 0 spiro atoms. The van der Waals surface area contributed by atoms with Gasteiger partial charge in [0, 0.05) is 41.8 Å². The fraction of sp³-hybridized carbons (Fsp3) is 1.00. The van der Waals surface area contributed by atoms with E-state index in [0.29, 0.717) is 12.1 Å². The lowest BCUT2D eigenvalue weighted by atomic mass is 9.92. The van der Waals surface area contributed by atoms with E-state index in [1.807, 2.05) is 0 Å². The van der Waals surface area contributed by atoms with Crippen LogP contribution in [0.5, 0.6) is 0 Å². The third kappa shape index (κ3) is 4.02. The van der Waals surface area contributed by atoms with Crippen molar-refractivity contribution in [2.75, 3.05) is 11.6 Å². The van der Waals surface area contributed by atoms with Crippen molar-refractivity contribution in [2.24, 2.45) is 11.8 Å². The van der Waals surface area contributed by atoms with Crippen LogP contribution >= 0.6 is 11.8 Å². The quantitative estimate of drug-likeness (QED) is 0.699. The molecule has 0 amide bonds. The summed E-state index contributed by atoms with van der Waals surface area (Å²) in [6.45, 7) is 16.8. The fourth-order valence-electron chi connectivity index (χ4n) is 4.73. The maximum absolute atomic E-state index is 2.85. The summed E-state index contributed by atoms with van der Waals surface area (Å²) in [4.78, 5) is 5.58. The molecule has 0 saturated carbocycles. The van der Waals surface area contributed by atoms with Gasteiger partial charge in [-0.15, -0.1) is 11.8 Å². The van der Waals surface area contributed by atoms with Crippen LogP contribution in [0.25, 0.3) is 0 Å². The molecule has 0 bridgehead atoms. The lowest BCUT2D eigenvalue weighted by Gasteiger charge is -2.39. The van der Waals surface area contributed by atoms with Gasteiger partial charge in [0.2, 0.25) is 0 Å². The molecule has 3 heteroatoms. The number of nitrogens with zero attached hydrogens (tertiary/aromatic N) is 2. The SMILES string of the molecule is CC(CC1CC[C@@H](C(C)C)N1C(C)C)[C@@H]1CSCN1C(C)C. The van der Waals surface area contributed by atoms with E-state index < -0.39 is 0 Å². The largest absolute Gasteiger partial charge is 0.295 e. The van der Waals surface area contributed by atoms with E-state index in [4.69, 9.17) is 0 Å².